The minimum atomic E-state index is 0.768. The van der Waals surface area contributed by atoms with Gasteiger partial charge in [-0.15, -0.1) is 0 Å². The second-order valence-corrected chi connectivity index (χ2v) is 5.82. The first-order valence-corrected chi connectivity index (χ1v) is 7.30. The molecule has 1 heterocycles. The van der Waals surface area contributed by atoms with Crippen molar-refractivity contribution in [3.05, 3.63) is 0 Å². The molecule has 0 aromatic carbocycles. The normalized spacial score (nSPS) is 32.8. The Hall–Kier alpha value is -0.0800. The summed E-state index contributed by atoms with van der Waals surface area (Å²) in [6.45, 7) is 6.01. The van der Waals surface area contributed by atoms with Crippen molar-refractivity contribution in [3.63, 3.8) is 0 Å². The molecule has 2 rings (SSSR count). The van der Waals surface area contributed by atoms with Gasteiger partial charge in [0.2, 0.25) is 0 Å². The molecule has 0 bridgehead atoms. The van der Waals surface area contributed by atoms with Gasteiger partial charge in [0.1, 0.15) is 0 Å². The molecule has 0 spiro atoms. The van der Waals surface area contributed by atoms with E-state index < -0.39 is 0 Å². The molecule has 1 aliphatic heterocycles. The Morgan fingerprint density at radius 3 is 2.69 bits per heavy atom. The van der Waals surface area contributed by atoms with Crippen molar-refractivity contribution in [2.24, 2.45) is 11.8 Å². The van der Waals surface area contributed by atoms with E-state index in [0.717, 1.165) is 17.9 Å². The van der Waals surface area contributed by atoms with Gasteiger partial charge in [-0.2, -0.15) is 0 Å². The Labute approximate surface area is 101 Å². The van der Waals surface area contributed by atoms with Gasteiger partial charge in [-0.3, -0.25) is 0 Å². The van der Waals surface area contributed by atoms with E-state index in [1.807, 2.05) is 0 Å². The molecule has 0 radical (unpaired) electrons. The van der Waals surface area contributed by atoms with Gasteiger partial charge in [0.05, 0.1) is 0 Å². The maximum absolute atomic E-state index is 3.78. The molecule has 2 aliphatic rings. The summed E-state index contributed by atoms with van der Waals surface area (Å²) in [4.78, 5) is 0. The molecule has 94 valence electrons. The lowest BCUT2D eigenvalue weighted by atomic mass is 9.87. The van der Waals surface area contributed by atoms with E-state index in [4.69, 9.17) is 0 Å². The van der Waals surface area contributed by atoms with Gasteiger partial charge in [-0.05, 0) is 44.3 Å². The second-order valence-electron chi connectivity index (χ2n) is 5.82. The van der Waals surface area contributed by atoms with Crippen molar-refractivity contribution in [3.8, 4) is 0 Å². The van der Waals surface area contributed by atoms with Crippen LogP contribution in [0, 0.1) is 11.8 Å². The van der Waals surface area contributed by atoms with Crippen LogP contribution in [0.15, 0.2) is 0 Å². The molecule has 2 N–H and O–H groups in total. The molecular weight excluding hydrogens is 196 g/mol. The molecule has 2 fully saturated rings. The van der Waals surface area contributed by atoms with Gasteiger partial charge in [-0.1, -0.05) is 39.0 Å². The Bertz CT molecular complexity index is 187. The zero-order valence-electron chi connectivity index (χ0n) is 10.8. The van der Waals surface area contributed by atoms with Crippen LogP contribution in [0.1, 0.15) is 51.9 Å². The molecule has 0 amide bonds. The van der Waals surface area contributed by atoms with Crippen LogP contribution in [0.2, 0.25) is 0 Å². The maximum Gasteiger partial charge on any atom is 0.0117 e. The summed E-state index contributed by atoms with van der Waals surface area (Å²) in [6.07, 6.45) is 10.1. The summed E-state index contributed by atoms with van der Waals surface area (Å²) in [5.74, 6) is 1.83. The number of rotatable bonds is 4. The summed E-state index contributed by atoms with van der Waals surface area (Å²) in [5, 5.41) is 7.24. The first-order valence-electron chi connectivity index (χ1n) is 7.30. The lowest BCUT2D eigenvalue weighted by Gasteiger charge is -2.31. The van der Waals surface area contributed by atoms with Gasteiger partial charge >= 0.3 is 0 Å². The Kier molecular flexibility index (Phi) is 5.11. The first kappa shape index (κ1) is 12.4. The van der Waals surface area contributed by atoms with Crippen LogP contribution < -0.4 is 10.6 Å². The number of hydrogen-bond donors (Lipinski definition) is 2. The van der Waals surface area contributed by atoms with Gasteiger partial charge in [-0.25, -0.2) is 0 Å². The smallest absolute Gasteiger partial charge is 0.0117 e. The van der Waals surface area contributed by atoms with Crippen LogP contribution >= 0.6 is 0 Å². The van der Waals surface area contributed by atoms with Crippen molar-refractivity contribution >= 4 is 0 Å². The fourth-order valence-electron chi connectivity index (χ4n) is 3.27. The van der Waals surface area contributed by atoms with Gasteiger partial charge in [0, 0.05) is 6.04 Å². The average Bonchev–Trinajstić information content (AvgIpc) is 2.33. The molecule has 2 atom stereocenters. The molecule has 0 aromatic rings. The van der Waals surface area contributed by atoms with Crippen molar-refractivity contribution < 1.29 is 0 Å². The van der Waals surface area contributed by atoms with Crippen LogP contribution in [0.5, 0.6) is 0 Å². The second kappa shape index (κ2) is 6.61. The Morgan fingerprint density at radius 2 is 1.94 bits per heavy atom. The standard InChI is InChI=1S/C14H28N2/c1-12-11-15-9-8-14(12)16-10-7-13-5-3-2-4-6-13/h12-16H,2-11H2,1H3. The SMILES string of the molecule is CC1CNCCC1NCCC1CCCCC1. The monoisotopic (exact) mass is 224 g/mol. The molecule has 16 heavy (non-hydrogen) atoms. The molecule has 1 saturated heterocycles. The highest BCUT2D eigenvalue weighted by atomic mass is 15.0. The lowest BCUT2D eigenvalue weighted by Crippen LogP contribution is -2.46. The third-order valence-corrected chi connectivity index (χ3v) is 4.47. The van der Waals surface area contributed by atoms with Crippen LogP contribution in [-0.2, 0) is 0 Å². The van der Waals surface area contributed by atoms with E-state index in [1.54, 1.807) is 0 Å². The summed E-state index contributed by atoms with van der Waals surface area (Å²) < 4.78 is 0. The van der Waals surface area contributed by atoms with Crippen molar-refractivity contribution in [1.82, 2.24) is 10.6 Å². The number of hydrogen-bond acceptors (Lipinski definition) is 2. The quantitative estimate of drug-likeness (QED) is 0.767. The molecule has 2 nitrogen and oxygen atoms in total. The largest absolute Gasteiger partial charge is 0.316 e. The third kappa shape index (κ3) is 3.74. The van der Waals surface area contributed by atoms with Crippen LogP contribution in [0.4, 0.5) is 0 Å². The Morgan fingerprint density at radius 1 is 1.12 bits per heavy atom. The number of nitrogens with one attached hydrogen (secondary N) is 2. The van der Waals surface area contributed by atoms with E-state index in [9.17, 15) is 0 Å². The molecule has 1 aliphatic carbocycles. The van der Waals surface area contributed by atoms with Crippen LogP contribution in [0.3, 0.4) is 0 Å². The Balaban J connectivity index is 1.59. The third-order valence-electron chi connectivity index (χ3n) is 4.47. The summed E-state index contributed by atoms with van der Waals surface area (Å²) in [5.41, 5.74) is 0. The summed E-state index contributed by atoms with van der Waals surface area (Å²) >= 11 is 0. The molecule has 2 heteroatoms. The predicted octanol–water partition coefficient (Wildman–Crippen LogP) is 2.54. The van der Waals surface area contributed by atoms with Gasteiger partial charge in [0.15, 0.2) is 0 Å². The molecule has 0 aromatic heterocycles. The number of piperidine rings is 1. The zero-order chi connectivity index (χ0) is 11.2. The van der Waals surface area contributed by atoms with E-state index in [1.165, 1.54) is 64.6 Å². The molecular formula is C14H28N2. The minimum Gasteiger partial charge on any atom is -0.316 e. The highest BCUT2D eigenvalue weighted by molar-refractivity contribution is 4.80. The maximum atomic E-state index is 3.78. The van der Waals surface area contributed by atoms with Crippen molar-refractivity contribution in [1.29, 1.82) is 0 Å². The van der Waals surface area contributed by atoms with Crippen molar-refractivity contribution in [2.75, 3.05) is 19.6 Å². The van der Waals surface area contributed by atoms with Crippen LogP contribution in [0.25, 0.3) is 0 Å². The lowest BCUT2D eigenvalue weighted by molar-refractivity contribution is 0.276. The molecule has 2 unspecified atom stereocenters. The summed E-state index contributed by atoms with van der Waals surface area (Å²) in [7, 11) is 0. The van der Waals surface area contributed by atoms with Gasteiger partial charge < -0.3 is 10.6 Å². The van der Waals surface area contributed by atoms with E-state index >= 15 is 0 Å². The zero-order valence-corrected chi connectivity index (χ0v) is 10.8. The van der Waals surface area contributed by atoms with E-state index in [-0.39, 0.29) is 0 Å². The predicted molar refractivity (Wildman–Crippen MR) is 69.6 cm³/mol. The first-order chi connectivity index (χ1) is 7.86. The van der Waals surface area contributed by atoms with E-state index in [0.29, 0.717) is 0 Å². The topological polar surface area (TPSA) is 24.1 Å². The molecule has 1 saturated carbocycles. The van der Waals surface area contributed by atoms with Gasteiger partial charge in [0.25, 0.3) is 0 Å². The fraction of sp³-hybridized carbons (Fsp3) is 1.00. The van der Waals surface area contributed by atoms with E-state index in [2.05, 4.69) is 17.6 Å². The fourth-order valence-corrected chi connectivity index (χ4v) is 3.27. The highest BCUT2D eigenvalue weighted by Crippen LogP contribution is 2.25. The van der Waals surface area contributed by atoms with Crippen molar-refractivity contribution in [2.45, 2.75) is 57.9 Å². The summed E-state index contributed by atoms with van der Waals surface area (Å²) in [6, 6.07) is 0.768. The highest BCUT2D eigenvalue weighted by Gasteiger charge is 2.20. The average molecular weight is 224 g/mol. The minimum absolute atomic E-state index is 0.768. The van der Waals surface area contributed by atoms with Crippen LogP contribution in [-0.4, -0.2) is 25.7 Å².